The second-order valence-corrected chi connectivity index (χ2v) is 6.34. The molecule has 0 spiro atoms. The first kappa shape index (κ1) is 16.2. The molecule has 1 atom stereocenters. The Balaban J connectivity index is 1.74. The van der Waals surface area contributed by atoms with Crippen LogP contribution in [0.4, 0.5) is 0 Å². The van der Waals surface area contributed by atoms with Crippen molar-refractivity contribution in [1.82, 2.24) is 10.2 Å². The van der Waals surface area contributed by atoms with Crippen LogP contribution in [0.25, 0.3) is 0 Å². The van der Waals surface area contributed by atoms with Gasteiger partial charge in [-0.2, -0.15) is 0 Å². The van der Waals surface area contributed by atoms with E-state index in [4.69, 9.17) is 0 Å². The van der Waals surface area contributed by atoms with Crippen LogP contribution in [0.3, 0.4) is 0 Å². The van der Waals surface area contributed by atoms with E-state index < -0.39 is 0 Å². The predicted octanol–water partition coefficient (Wildman–Crippen LogP) is 2.41. The molecule has 0 aromatic heterocycles. The van der Waals surface area contributed by atoms with Crippen molar-refractivity contribution in [1.29, 1.82) is 0 Å². The van der Waals surface area contributed by atoms with E-state index in [-0.39, 0.29) is 23.7 Å². The maximum atomic E-state index is 12.9. The zero-order valence-electron chi connectivity index (χ0n) is 13.8. The molecule has 1 aliphatic rings. The molecule has 124 valence electrons. The van der Waals surface area contributed by atoms with Gasteiger partial charge in [-0.05, 0) is 11.1 Å². The highest BCUT2D eigenvalue weighted by atomic mass is 16.2. The Hall–Kier alpha value is -2.62. The fraction of sp³-hybridized carbons (Fsp3) is 0.300. The number of hydrogen-bond acceptors (Lipinski definition) is 2. The molecule has 0 radical (unpaired) electrons. The molecule has 1 aliphatic heterocycles. The summed E-state index contributed by atoms with van der Waals surface area (Å²) < 4.78 is 0. The van der Waals surface area contributed by atoms with Crippen molar-refractivity contribution >= 4 is 11.8 Å². The normalized spacial score (nSPS) is 17.3. The minimum atomic E-state index is -0.331. The lowest BCUT2D eigenvalue weighted by Gasteiger charge is -2.19. The van der Waals surface area contributed by atoms with Crippen molar-refractivity contribution in [2.75, 3.05) is 20.1 Å². The van der Waals surface area contributed by atoms with Gasteiger partial charge in [0.05, 0.1) is 5.92 Å². The zero-order chi connectivity index (χ0) is 16.9. The van der Waals surface area contributed by atoms with Gasteiger partial charge in [0.1, 0.15) is 0 Å². The molecule has 4 heteroatoms. The number of nitrogens with zero attached hydrogens (tertiary/aromatic N) is 1. The van der Waals surface area contributed by atoms with Crippen LogP contribution in [-0.2, 0) is 9.59 Å². The molecule has 2 amide bonds. The molecule has 1 unspecified atom stereocenters. The number of likely N-dealkylation sites (tertiary alicyclic amines) is 1. The van der Waals surface area contributed by atoms with E-state index in [1.807, 2.05) is 60.7 Å². The third-order valence-electron chi connectivity index (χ3n) is 4.51. The summed E-state index contributed by atoms with van der Waals surface area (Å²) in [6, 6.07) is 19.6. The lowest BCUT2D eigenvalue weighted by molar-refractivity contribution is -0.126. The number of amides is 2. The van der Waals surface area contributed by atoms with Gasteiger partial charge in [0.15, 0.2) is 0 Å². The summed E-state index contributed by atoms with van der Waals surface area (Å²) in [6.07, 6.45) is 0.512. The van der Waals surface area contributed by atoms with Crippen LogP contribution in [0, 0.1) is 5.92 Å². The Morgan fingerprint density at radius 1 is 1.08 bits per heavy atom. The van der Waals surface area contributed by atoms with Crippen LogP contribution in [0.1, 0.15) is 23.5 Å². The number of hydrogen-bond donors (Lipinski definition) is 1. The molecule has 0 aliphatic carbocycles. The van der Waals surface area contributed by atoms with Gasteiger partial charge in [-0.25, -0.2) is 0 Å². The van der Waals surface area contributed by atoms with E-state index in [1.165, 1.54) is 0 Å². The molecular weight excluding hydrogens is 300 g/mol. The smallest absolute Gasteiger partial charge is 0.232 e. The average molecular weight is 322 g/mol. The van der Waals surface area contributed by atoms with Crippen molar-refractivity contribution in [3.05, 3.63) is 71.8 Å². The minimum Gasteiger partial charge on any atom is -0.355 e. The summed E-state index contributed by atoms with van der Waals surface area (Å²) in [6.45, 7) is 1.24. The van der Waals surface area contributed by atoms with Crippen LogP contribution in [0.15, 0.2) is 60.7 Å². The second-order valence-electron chi connectivity index (χ2n) is 6.34. The number of carbonyl (C=O) groups excluding carboxylic acids is 2. The van der Waals surface area contributed by atoms with Gasteiger partial charge >= 0.3 is 0 Å². The van der Waals surface area contributed by atoms with Gasteiger partial charge in [0.2, 0.25) is 11.8 Å². The second kappa shape index (κ2) is 7.30. The van der Waals surface area contributed by atoms with Crippen molar-refractivity contribution < 1.29 is 9.59 Å². The molecule has 1 saturated heterocycles. The molecule has 0 saturated carbocycles. The Morgan fingerprint density at radius 2 is 1.62 bits per heavy atom. The molecule has 3 rings (SSSR count). The molecule has 24 heavy (non-hydrogen) atoms. The van der Waals surface area contributed by atoms with Crippen LogP contribution in [0.2, 0.25) is 0 Å². The highest BCUT2D eigenvalue weighted by Crippen LogP contribution is 2.25. The van der Waals surface area contributed by atoms with E-state index >= 15 is 0 Å². The van der Waals surface area contributed by atoms with Crippen molar-refractivity contribution in [3.63, 3.8) is 0 Å². The monoisotopic (exact) mass is 322 g/mol. The fourth-order valence-corrected chi connectivity index (χ4v) is 3.23. The summed E-state index contributed by atoms with van der Waals surface area (Å²) >= 11 is 0. The zero-order valence-corrected chi connectivity index (χ0v) is 13.8. The molecule has 1 heterocycles. The predicted molar refractivity (Wildman–Crippen MR) is 93.5 cm³/mol. The van der Waals surface area contributed by atoms with E-state index in [1.54, 1.807) is 11.9 Å². The van der Waals surface area contributed by atoms with Crippen LogP contribution in [0.5, 0.6) is 0 Å². The van der Waals surface area contributed by atoms with Crippen LogP contribution in [-0.4, -0.2) is 36.9 Å². The number of nitrogens with one attached hydrogen (secondary N) is 1. The van der Waals surface area contributed by atoms with E-state index in [2.05, 4.69) is 5.32 Å². The third-order valence-corrected chi connectivity index (χ3v) is 4.51. The molecule has 0 bridgehead atoms. The van der Waals surface area contributed by atoms with E-state index in [0.29, 0.717) is 19.5 Å². The maximum Gasteiger partial charge on any atom is 0.232 e. The van der Waals surface area contributed by atoms with Crippen molar-refractivity contribution in [3.8, 4) is 0 Å². The molecule has 1 fully saturated rings. The van der Waals surface area contributed by atoms with Gasteiger partial charge in [-0.3, -0.25) is 9.59 Å². The topological polar surface area (TPSA) is 49.4 Å². The Bertz CT molecular complexity index is 661. The van der Waals surface area contributed by atoms with Gasteiger partial charge in [-0.15, -0.1) is 0 Å². The Morgan fingerprint density at radius 3 is 2.08 bits per heavy atom. The van der Waals surface area contributed by atoms with Gasteiger partial charge in [0, 0.05) is 32.5 Å². The molecule has 1 N–H and O–H groups in total. The molecule has 2 aromatic carbocycles. The van der Waals surface area contributed by atoms with E-state index in [9.17, 15) is 9.59 Å². The summed E-state index contributed by atoms with van der Waals surface area (Å²) in [5.41, 5.74) is 1.95. The first-order valence-corrected chi connectivity index (χ1v) is 8.26. The fourth-order valence-electron chi connectivity index (χ4n) is 3.23. The third kappa shape index (κ3) is 3.65. The van der Waals surface area contributed by atoms with Crippen LogP contribution < -0.4 is 5.32 Å². The quantitative estimate of drug-likeness (QED) is 0.919. The molecular formula is C20H22N2O2. The van der Waals surface area contributed by atoms with Crippen molar-refractivity contribution in [2.45, 2.75) is 12.3 Å². The van der Waals surface area contributed by atoms with Gasteiger partial charge in [0.25, 0.3) is 0 Å². The van der Waals surface area contributed by atoms with Gasteiger partial charge in [-0.1, -0.05) is 60.7 Å². The van der Waals surface area contributed by atoms with Crippen molar-refractivity contribution in [2.24, 2.45) is 5.92 Å². The summed E-state index contributed by atoms with van der Waals surface area (Å²) in [4.78, 5) is 26.2. The van der Waals surface area contributed by atoms with Gasteiger partial charge < -0.3 is 10.2 Å². The summed E-state index contributed by atoms with van der Waals surface area (Å²) in [7, 11) is 1.81. The lowest BCUT2D eigenvalue weighted by atomic mass is 9.90. The highest BCUT2D eigenvalue weighted by molar-refractivity contribution is 5.87. The number of benzene rings is 2. The highest BCUT2D eigenvalue weighted by Gasteiger charge is 2.28. The largest absolute Gasteiger partial charge is 0.355 e. The number of carbonyl (C=O) groups is 2. The first-order valence-electron chi connectivity index (χ1n) is 8.26. The standard InChI is InChI=1S/C20H22N2O2/c1-22-14-15(12-18(22)23)13-21-20(24)19(16-8-4-2-5-9-16)17-10-6-3-7-11-17/h2-11,15,19H,12-14H2,1H3,(H,21,24). The Labute approximate surface area is 142 Å². The first-order chi connectivity index (χ1) is 11.6. The average Bonchev–Trinajstić information content (AvgIpc) is 2.93. The maximum absolute atomic E-state index is 12.9. The molecule has 2 aromatic rings. The minimum absolute atomic E-state index is 0.0191. The SMILES string of the molecule is CN1CC(CNC(=O)C(c2ccccc2)c2ccccc2)CC1=O. The lowest BCUT2D eigenvalue weighted by Crippen LogP contribution is -2.34. The molecule has 4 nitrogen and oxygen atoms in total. The summed E-state index contributed by atoms with van der Waals surface area (Å²) in [5.74, 6) is -0.00722. The van der Waals surface area contributed by atoms with Crippen LogP contribution >= 0.6 is 0 Å². The summed E-state index contributed by atoms with van der Waals surface area (Å²) in [5, 5.41) is 3.04. The number of rotatable bonds is 5. The Kier molecular flexibility index (Phi) is 4.94. The van der Waals surface area contributed by atoms with E-state index in [0.717, 1.165) is 11.1 Å².